The molecule has 2 heterocycles. The predicted molar refractivity (Wildman–Crippen MR) is 75.2 cm³/mol. The molecular weight excluding hydrogens is 296 g/mol. The summed E-state index contributed by atoms with van der Waals surface area (Å²) in [5.74, 6) is -3.42. The van der Waals surface area contributed by atoms with Crippen molar-refractivity contribution in [2.24, 2.45) is 5.73 Å². The summed E-state index contributed by atoms with van der Waals surface area (Å²) in [6.07, 6.45) is 0.970. The van der Waals surface area contributed by atoms with Gasteiger partial charge in [-0.05, 0) is 12.8 Å². The maximum absolute atomic E-state index is 13.3. The van der Waals surface area contributed by atoms with E-state index >= 15 is 0 Å². The summed E-state index contributed by atoms with van der Waals surface area (Å²) in [5, 5.41) is 9.21. The minimum absolute atomic E-state index is 0.00808. The highest BCUT2D eigenvalue weighted by Crippen LogP contribution is 2.27. The number of aliphatic hydroxyl groups excluding tert-OH is 1. The SMILES string of the molecule is N[C@@H](CC(=O)N1CCC[C@H]1CO)CN1CC(F)(F)CCC1=O. The molecule has 0 aromatic heterocycles. The fraction of sp³-hybridized carbons (Fsp3) is 0.857. The molecule has 2 fully saturated rings. The molecule has 8 heteroatoms. The Labute approximate surface area is 128 Å². The Balaban J connectivity index is 1.85. The predicted octanol–water partition coefficient (Wildman–Crippen LogP) is -0.0552. The van der Waals surface area contributed by atoms with E-state index in [0.717, 1.165) is 17.7 Å². The number of halogens is 2. The van der Waals surface area contributed by atoms with Crippen LogP contribution in [0.4, 0.5) is 8.78 Å². The Kier molecular flexibility index (Phi) is 5.33. The van der Waals surface area contributed by atoms with E-state index < -0.39 is 24.9 Å². The summed E-state index contributed by atoms with van der Waals surface area (Å²) in [6, 6.07) is -0.856. The summed E-state index contributed by atoms with van der Waals surface area (Å²) in [4.78, 5) is 26.5. The molecule has 2 atom stereocenters. The van der Waals surface area contributed by atoms with Crippen LogP contribution in [0.3, 0.4) is 0 Å². The van der Waals surface area contributed by atoms with Crippen LogP contribution in [0, 0.1) is 0 Å². The number of nitrogens with zero attached hydrogens (tertiary/aromatic N) is 2. The average molecular weight is 319 g/mol. The summed E-state index contributed by atoms with van der Waals surface area (Å²) in [5.41, 5.74) is 5.86. The van der Waals surface area contributed by atoms with Crippen LogP contribution in [0.5, 0.6) is 0 Å². The summed E-state index contributed by atoms with van der Waals surface area (Å²) >= 11 is 0. The molecule has 2 aliphatic rings. The molecule has 126 valence electrons. The van der Waals surface area contributed by atoms with E-state index in [-0.39, 0.29) is 43.8 Å². The van der Waals surface area contributed by atoms with Gasteiger partial charge in [-0.2, -0.15) is 0 Å². The van der Waals surface area contributed by atoms with Crippen molar-refractivity contribution in [3.05, 3.63) is 0 Å². The molecule has 2 rings (SSSR count). The van der Waals surface area contributed by atoms with Gasteiger partial charge in [-0.1, -0.05) is 0 Å². The van der Waals surface area contributed by atoms with E-state index in [9.17, 15) is 23.5 Å². The quantitative estimate of drug-likeness (QED) is 0.743. The number of hydrogen-bond donors (Lipinski definition) is 2. The van der Waals surface area contributed by atoms with Gasteiger partial charge in [0.2, 0.25) is 11.8 Å². The molecule has 0 aliphatic carbocycles. The van der Waals surface area contributed by atoms with E-state index in [1.165, 1.54) is 0 Å². The van der Waals surface area contributed by atoms with Gasteiger partial charge in [0.1, 0.15) is 0 Å². The normalized spacial score (nSPS) is 26.4. The van der Waals surface area contributed by atoms with Gasteiger partial charge in [0, 0.05) is 38.4 Å². The Morgan fingerprint density at radius 2 is 2.23 bits per heavy atom. The summed E-state index contributed by atoms with van der Waals surface area (Å²) < 4.78 is 26.7. The van der Waals surface area contributed by atoms with Crippen molar-refractivity contribution in [3.8, 4) is 0 Å². The van der Waals surface area contributed by atoms with Gasteiger partial charge in [-0.15, -0.1) is 0 Å². The van der Waals surface area contributed by atoms with Crippen molar-refractivity contribution >= 4 is 11.8 Å². The first kappa shape index (κ1) is 17.1. The van der Waals surface area contributed by atoms with Gasteiger partial charge in [-0.3, -0.25) is 9.59 Å². The summed E-state index contributed by atoms with van der Waals surface area (Å²) in [7, 11) is 0. The highest BCUT2D eigenvalue weighted by Gasteiger charge is 2.39. The Morgan fingerprint density at radius 1 is 1.50 bits per heavy atom. The number of hydrogen-bond acceptors (Lipinski definition) is 4. The fourth-order valence-corrected chi connectivity index (χ4v) is 3.10. The second-order valence-corrected chi connectivity index (χ2v) is 6.16. The topological polar surface area (TPSA) is 86.9 Å². The van der Waals surface area contributed by atoms with Crippen LogP contribution in [-0.4, -0.2) is 71.0 Å². The van der Waals surface area contributed by atoms with Gasteiger partial charge in [0.15, 0.2) is 0 Å². The molecule has 2 saturated heterocycles. The van der Waals surface area contributed by atoms with Crippen molar-refractivity contribution in [1.82, 2.24) is 9.80 Å². The first-order valence-electron chi connectivity index (χ1n) is 7.64. The Morgan fingerprint density at radius 3 is 2.91 bits per heavy atom. The van der Waals surface area contributed by atoms with Crippen LogP contribution in [0.1, 0.15) is 32.1 Å². The molecule has 0 aromatic carbocycles. The van der Waals surface area contributed by atoms with E-state index in [1.807, 2.05) is 0 Å². The lowest BCUT2D eigenvalue weighted by molar-refractivity contribution is -0.148. The first-order chi connectivity index (χ1) is 10.3. The third-order valence-electron chi connectivity index (χ3n) is 4.28. The van der Waals surface area contributed by atoms with Crippen LogP contribution in [0.2, 0.25) is 0 Å². The lowest BCUT2D eigenvalue weighted by atomic mass is 10.0. The molecule has 0 saturated carbocycles. The monoisotopic (exact) mass is 319 g/mol. The van der Waals surface area contributed by atoms with Crippen molar-refractivity contribution in [2.45, 2.75) is 50.1 Å². The molecule has 22 heavy (non-hydrogen) atoms. The molecule has 2 aliphatic heterocycles. The van der Waals surface area contributed by atoms with Crippen LogP contribution in [-0.2, 0) is 9.59 Å². The van der Waals surface area contributed by atoms with Gasteiger partial charge in [0.05, 0.1) is 19.2 Å². The third kappa shape index (κ3) is 4.13. The molecule has 3 N–H and O–H groups in total. The van der Waals surface area contributed by atoms with Crippen molar-refractivity contribution in [2.75, 3.05) is 26.2 Å². The number of aliphatic hydroxyl groups is 1. The Bertz CT molecular complexity index is 434. The first-order valence-corrected chi connectivity index (χ1v) is 7.64. The number of piperidine rings is 1. The van der Waals surface area contributed by atoms with Crippen LogP contribution in [0.15, 0.2) is 0 Å². The van der Waals surface area contributed by atoms with E-state index in [0.29, 0.717) is 6.54 Å². The summed E-state index contributed by atoms with van der Waals surface area (Å²) in [6.45, 7) is -0.177. The number of amides is 2. The van der Waals surface area contributed by atoms with Crippen LogP contribution in [0.25, 0.3) is 0 Å². The van der Waals surface area contributed by atoms with E-state index in [4.69, 9.17) is 5.73 Å². The lowest BCUT2D eigenvalue weighted by Gasteiger charge is -2.34. The number of carbonyl (C=O) groups is 2. The van der Waals surface area contributed by atoms with Gasteiger partial charge >= 0.3 is 0 Å². The molecule has 0 spiro atoms. The lowest BCUT2D eigenvalue weighted by Crippen LogP contribution is -2.51. The zero-order valence-corrected chi connectivity index (χ0v) is 12.5. The zero-order chi connectivity index (χ0) is 16.3. The maximum Gasteiger partial charge on any atom is 0.265 e. The smallest absolute Gasteiger partial charge is 0.265 e. The van der Waals surface area contributed by atoms with Crippen LogP contribution < -0.4 is 5.73 Å². The number of carbonyl (C=O) groups excluding carboxylic acids is 2. The highest BCUT2D eigenvalue weighted by atomic mass is 19.3. The zero-order valence-electron chi connectivity index (χ0n) is 12.5. The largest absolute Gasteiger partial charge is 0.394 e. The molecule has 0 bridgehead atoms. The molecule has 6 nitrogen and oxygen atoms in total. The standard InChI is InChI=1S/C14H23F2N3O3/c15-14(16)4-3-12(21)18(9-14)7-10(17)6-13(22)19-5-1-2-11(19)8-20/h10-11,20H,1-9,17H2/t10-,11-/m0/s1. The minimum atomic E-state index is -2.88. The molecule has 2 amide bonds. The van der Waals surface area contributed by atoms with Crippen molar-refractivity contribution in [1.29, 1.82) is 0 Å². The van der Waals surface area contributed by atoms with E-state index in [1.54, 1.807) is 4.90 Å². The number of nitrogens with two attached hydrogens (primary N) is 1. The number of alkyl halides is 2. The number of likely N-dealkylation sites (tertiary alicyclic amines) is 2. The van der Waals surface area contributed by atoms with Crippen LogP contribution >= 0.6 is 0 Å². The van der Waals surface area contributed by atoms with Crippen molar-refractivity contribution < 1.29 is 23.5 Å². The van der Waals surface area contributed by atoms with E-state index in [2.05, 4.69) is 0 Å². The average Bonchev–Trinajstić information content (AvgIpc) is 2.91. The van der Waals surface area contributed by atoms with Gasteiger partial charge in [0.25, 0.3) is 5.92 Å². The van der Waals surface area contributed by atoms with Gasteiger partial charge in [-0.25, -0.2) is 8.78 Å². The second kappa shape index (κ2) is 6.87. The molecule has 0 unspecified atom stereocenters. The highest BCUT2D eigenvalue weighted by molar-refractivity contribution is 5.79. The Hall–Kier alpha value is -1.28. The fourth-order valence-electron chi connectivity index (χ4n) is 3.10. The maximum atomic E-state index is 13.3. The minimum Gasteiger partial charge on any atom is -0.394 e. The molecular formula is C14H23F2N3O3. The number of rotatable bonds is 5. The third-order valence-corrected chi connectivity index (χ3v) is 4.28. The van der Waals surface area contributed by atoms with Gasteiger partial charge < -0.3 is 20.6 Å². The van der Waals surface area contributed by atoms with Crippen molar-refractivity contribution in [3.63, 3.8) is 0 Å². The second-order valence-electron chi connectivity index (χ2n) is 6.16. The molecule has 0 radical (unpaired) electrons. The molecule has 0 aromatic rings.